The molecular formula is C26H20N4O3. The van der Waals surface area contributed by atoms with Crippen molar-refractivity contribution < 1.29 is 13.9 Å². The molecular weight excluding hydrogens is 416 g/mol. The second-order valence-electron chi connectivity index (χ2n) is 7.40. The molecule has 0 bridgehead atoms. The van der Waals surface area contributed by atoms with E-state index >= 15 is 0 Å². The molecule has 1 aliphatic heterocycles. The molecule has 0 aliphatic carbocycles. The summed E-state index contributed by atoms with van der Waals surface area (Å²) >= 11 is 0. The molecule has 4 aromatic rings. The third-order valence-electron chi connectivity index (χ3n) is 5.39. The summed E-state index contributed by atoms with van der Waals surface area (Å²) < 4.78 is 17.8. The van der Waals surface area contributed by atoms with Crippen LogP contribution in [0.1, 0.15) is 29.9 Å². The maximum absolute atomic E-state index is 9.97. The van der Waals surface area contributed by atoms with E-state index in [0.29, 0.717) is 34.9 Å². The van der Waals surface area contributed by atoms with Gasteiger partial charge in [-0.25, -0.2) is 4.98 Å². The fourth-order valence-corrected chi connectivity index (χ4v) is 3.93. The summed E-state index contributed by atoms with van der Waals surface area (Å²) in [5.41, 5.74) is 10.00. The zero-order chi connectivity index (χ0) is 22.8. The zero-order valence-corrected chi connectivity index (χ0v) is 17.9. The highest BCUT2D eigenvalue weighted by atomic mass is 16.5. The van der Waals surface area contributed by atoms with Gasteiger partial charge in [0.05, 0.1) is 18.1 Å². The van der Waals surface area contributed by atoms with Crippen LogP contribution >= 0.6 is 0 Å². The lowest BCUT2D eigenvalue weighted by Crippen LogP contribution is -2.20. The van der Waals surface area contributed by atoms with Crippen molar-refractivity contribution in [2.45, 2.75) is 12.8 Å². The maximum atomic E-state index is 9.97. The molecule has 1 atom stereocenters. The van der Waals surface area contributed by atoms with Gasteiger partial charge < -0.3 is 19.6 Å². The number of hydrogen-bond donors (Lipinski definition) is 1. The molecule has 2 aromatic carbocycles. The summed E-state index contributed by atoms with van der Waals surface area (Å²) in [5, 5.41) is 9.97. The van der Waals surface area contributed by atoms with Crippen LogP contribution < -0.4 is 10.5 Å². The van der Waals surface area contributed by atoms with Crippen molar-refractivity contribution in [3.63, 3.8) is 0 Å². The first-order valence-corrected chi connectivity index (χ1v) is 10.5. The maximum Gasteiger partial charge on any atom is 0.228 e. The molecule has 5 rings (SSSR count). The Morgan fingerprint density at radius 3 is 2.61 bits per heavy atom. The average Bonchev–Trinajstić information content (AvgIpc) is 3.28. The minimum absolute atomic E-state index is 0.0371. The van der Waals surface area contributed by atoms with Crippen molar-refractivity contribution in [2.75, 3.05) is 6.61 Å². The van der Waals surface area contributed by atoms with Gasteiger partial charge in [0, 0.05) is 18.0 Å². The number of rotatable bonds is 5. The van der Waals surface area contributed by atoms with Crippen LogP contribution in [-0.2, 0) is 4.74 Å². The number of pyridine rings is 1. The predicted octanol–water partition coefficient (Wildman–Crippen LogP) is 5.00. The number of benzene rings is 2. The Labute approximate surface area is 190 Å². The average molecular weight is 436 g/mol. The van der Waals surface area contributed by atoms with Crippen molar-refractivity contribution in [2.24, 2.45) is 5.73 Å². The number of fused-ring (bicyclic) bond motifs is 1. The van der Waals surface area contributed by atoms with E-state index in [9.17, 15) is 5.26 Å². The number of nitrogens with zero attached hydrogens (tertiary/aromatic N) is 3. The van der Waals surface area contributed by atoms with Gasteiger partial charge in [-0.05, 0) is 55.0 Å². The van der Waals surface area contributed by atoms with Crippen LogP contribution in [-0.4, -0.2) is 16.6 Å². The normalized spacial score (nSPS) is 15.9. The number of allylic oxidation sites excluding steroid dienone is 2. The first-order valence-electron chi connectivity index (χ1n) is 10.5. The number of nitrogens with two attached hydrogens (primary N) is 1. The summed E-state index contributed by atoms with van der Waals surface area (Å²) in [7, 11) is 0. The second kappa shape index (κ2) is 8.52. The Morgan fingerprint density at radius 1 is 1.09 bits per heavy atom. The van der Waals surface area contributed by atoms with Crippen LogP contribution in [0, 0.1) is 11.3 Å². The lowest BCUT2D eigenvalue weighted by atomic mass is 9.82. The summed E-state index contributed by atoms with van der Waals surface area (Å²) in [6.07, 6.45) is 3.39. The van der Waals surface area contributed by atoms with Gasteiger partial charge in [0.2, 0.25) is 11.8 Å². The van der Waals surface area contributed by atoms with E-state index in [4.69, 9.17) is 24.6 Å². The Hall–Kier alpha value is -4.57. The monoisotopic (exact) mass is 436 g/mol. The minimum Gasteiger partial charge on any atom is -0.494 e. The largest absolute Gasteiger partial charge is 0.494 e. The zero-order valence-electron chi connectivity index (χ0n) is 17.9. The molecule has 162 valence electrons. The highest BCUT2D eigenvalue weighted by Crippen LogP contribution is 2.47. The molecule has 0 saturated carbocycles. The van der Waals surface area contributed by atoms with Gasteiger partial charge >= 0.3 is 0 Å². The smallest absolute Gasteiger partial charge is 0.228 e. The molecule has 2 aromatic heterocycles. The molecule has 0 fully saturated rings. The quantitative estimate of drug-likeness (QED) is 0.469. The van der Waals surface area contributed by atoms with Crippen molar-refractivity contribution in [1.29, 1.82) is 5.26 Å². The van der Waals surface area contributed by atoms with E-state index in [1.54, 1.807) is 12.4 Å². The molecule has 7 nitrogen and oxygen atoms in total. The van der Waals surface area contributed by atoms with Crippen molar-refractivity contribution >= 4 is 22.4 Å². The fourth-order valence-electron chi connectivity index (χ4n) is 3.93. The van der Waals surface area contributed by atoms with Gasteiger partial charge in [-0.15, -0.1) is 0 Å². The van der Waals surface area contributed by atoms with Crippen molar-refractivity contribution in [1.82, 2.24) is 9.97 Å². The van der Waals surface area contributed by atoms with E-state index < -0.39 is 5.92 Å². The standard InChI is InChI=1S/C26H20N4O3/c1-2-31-18-11-9-16(10-12-18)24-23(26-30-20-7-3-4-8-21(20)32-26)22(17-6-5-13-29-15-17)19(14-27)25(28)33-24/h3-13,15,22H,2,28H2,1H3/t22-/m1/s1. The summed E-state index contributed by atoms with van der Waals surface area (Å²) in [6.45, 7) is 2.50. The molecule has 2 N–H and O–H groups in total. The van der Waals surface area contributed by atoms with E-state index in [-0.39, 0.29) is 11.5 Å². The molecule has 33 heavy (non-hydrogen) atoms. The predicted molar refractivity (Wildman–Crippen MR) is 123 cm³/mol. The molecule has 7 heteroatoms. The van der Waals surface area contributed by atoms with Crippen LogP contribution in [0.25, 0.3) is 22.4 Å². The molecule has 1 aliphatic rings. The summed E-state index contributed by atoms with van der Waals surface area (Å²) in [6, 6.07) is 20.9. The number of para-hydroxylation sites is 2. The number of aromatic nitrogens is 2. The van der Waals surface area contributed by atoms with Gasteiger partial charge in [-0.3, -0.25) is 4.98 Å². The number of oxazole rings is 1. The highest BCUT2D eigenvalue weighted by molar-refractivity contribution is 5.93. The van der Waals surface area contributed by atoms with Crippen LogP contribution in [0.15, 0.2) is 88.9 Å². The van der Waals surface area contributed by atoms with Gasteiger partial charge in [0.1, 0.15) is 28.7 Å². The third-order valence-corrected chi connectivity index (χ3v) is 5.39. The number of hydrogen-bond acceptors (Lipinski definition) is 7. The van der Waals surface area contributed by atoms with Gasteiger partial charge in [0.25, 0.3) is 0 Å². The number of ether oxygens (including phenoxy) is 2. The lowest BCUT2D eigenvalue weighted by Gasteiger charge is -2.27. The van der Waals surface area contributed by atoms with E-state index in [2.05, 4.69) is 11.1 Å². The Morgan fingerprint density at radius 2 is 1.91 bits per heavy atom. The van der Waals surface area contributed by atoms with Crippen LogP contribution in [0.4, 0.5) is 0 Å². The SMILES string of the molecule is CCOc1ccc(C2=C(c3nc4ccccc4o3)[C@H](c3cccnc3)C(C#N)=C(N)O2)cc1. The minimum atomic E-state index is -0.563. The van der Waals surface area contributed by atoms with Crippen LogP contribution in [0.5, 0.6) is 5.75 Å². The first kappa shape index (κ1) is 20.3. The molecule has 3 heterocycles. The summed E-state index contributed by atoms with van der Waals surface area (Å²) in [4.78, 5) is 8.96. The van der Waals surface area contributed by atoms with Crippen molar-refractivity contribution in [3.8, 4) is 11.8 Å². The second-order valence-corrected chi connectivity index (χ2v) is 7.40. The molecule has 0 unspecified atom stereocenters. The fraction of sp³-hybridized carbons (Fsp3) is 0.115. The van der Waals surface area contributed by atoms with E-state index in [1.807, 2.05) is 67.6 Å². The highest BCUT2D eigenvalue weighted by Gasteiger charge is 2.37. The first-order chi connectivity index (χ1) is 16.2. The molecule has 0 radical (unpaired) electrons. The van der Waals surface area contributed by atoms with Gasteiger partial charge in [-0.2, -0.15) is 5.26 Å². The molecule has 0 saturated heterocycles. The van der Waals surface area contributed by atoms with E-state index in [1.165, 1.54) is 0 Å². The third kappa shape index (κ3) is 3.68. The summed E-state index contributed by atoms with van der Waals surface area (Å²) in [5.74, 6) is 1.04. The molecule has 0 spiro atoms. The van der Waals surface area contributed by atoms with E-state index in [0.717, 1.165) is 16.9 Å². The Bertz CT molecular complexity index is 1380. The topological polar surface area (TPSA) is 107 Å². The lowest BCUT2D eigenvalue weighted by molar-refractivity contribution is 0.340. The van der Waals surface area contributed by atoms with Crippen LogP contribution in [0.3, 0.4) is 0 Å². The Balaban J connectivity index is 1.77. The van der Waals surface area contributed by atoms with Crippen molar-refractivity contribution in [3.05, 3.63) is 102 Å². The van der Waals surface area contributed by atoms with Gasteiger partial charge in [0.15, 0.2) is 5.58 Å². The Kier molecular flexibility index (Phi) is 5.25. The van der Waals surface area contributed by atoms with Crippen LogP contribution in [0.2, 0.25) is 0 Å². The van der Waals surface area contributed by atoms with Gasteiger partial charge in [-0.1, -0.05) is 18.2 Å². The molecule has 0 amide bonds. The number of nitriles is 1.